The van der Waals surface area contributed by atoms with E-state index in [1.165, 1.54) is 31.9 Å². The molecule has 1 aliphatic heterocycles. The fourth-order valence-corrected chi connectivity index (χ4v) is 4.37. The Hall–Kier alpha value is -0.130. The van der Waals surface area contributed by atoms with Crippen LogP contribution in [0.15, 0.2) is 0 Å². The average molecular weight is 302 g/mol. The summed E-state index contributed by atoms with van der Waals surface area (Å²) in [6, 6.07) is 0.636. The maximum absolute atomic E-state index is 11.6. The van der Waals surface area contributed by atoms with Crippen LogP contribution in [0, 0.1) is 11.3 Å². The first kappa shape index (κ1) is 16.2. The molecule has 0 radical (unpaired) electrons. The highest BCUT2D eigenvalue weighted by Crippen LogP contribution is 2.35. The van der Waals surface area contributed by atoms with E-state index in [2.05, 4.69) is 19.2 Å². The summed E-state index contributed by atoms with van der Waals surface area (Å²) in [4.78, 5) is 0. The van der Waals surface area contributed by atoms with Gasteiger partial charge in [-0.3, -0.25) is 0 Å². The van der Waals surface area contributed by atoms with Crippen LogP contribution >= 0.6 is 0 Å². The van der Waals surface area contributed by atoms with Crippen molar-refractivity contribution < 1.29 is 8.42 Å². The van der Waals surface area contributed by atoms with Crippen LogP contribution in [0.2, 0.25) is 0 Å². The summed E-state index contributed by atoms with van der Waals surface area (Å²) in [5, 5.41) is 3.68. The highest BCUT2D eigenvalue weighted by molar-refractivity contribution is 7.88. The Labute approximate surface area is 124 Å². The van der Waals surface area contributed by atoms with Gasteiger partial charge in [0.1, 0.15) is 0 Å². The number of piperidine rings is 1. The third-order valence-corrected chi connectivity index (χ3v) is 6.25. The standard InChI is InChI=1S/C15H30N2O2S/c1-15(2)8-6-14(7-9-15)16-11-13-5-4-10-17(12-13)20(3,18)19/h13-14,16H,4-12H2,1-3H3. The predicted molar refractivity (Wildman–Crippen MR) is 83.2 cm³/mol. The molecule has 2 rings (SSSR count). The minimum atomic E-state index is -3.01. The van der Waals surface area contributed by atoms with Crippen molar-refractivity contribution in [2.75, 3.05) is 25.9 Å². The fourth-order valence-electron chi connectivity index (χ4n) is 3.43. The van der Waals surface area contributed by atoms with Gasteiger partial charge in [-0.15, -0.1) is 0 Å². The SMILES string of the molecule is CC1(C)CCC(NCC2CCCN(S(C)(=O)=O)C2)CC1. The first-order chi connectivity index (χ1) is 9.26. The van der Waals surface area contributed by atoms with Gasteiger partial charge in [-0.1, -0.05) is 13.8 Å². The number of nitrogens with zero attached hydrogens (tertiary/aromatic N) is 1. The minimum absolute atomic E-state index is 0.480. The van der Waals surface area contributed by atoms with Gasteiger partial charge in [-0.2, -0.15) is 0 Å². The van der Waals surface area contributed by atoms with Crippen LogP contribution < -0.4 is 5.32 Å². The van der Waals surface area contributed by atoms with Crippen LogP contribution in [-0.2, 0) is 10.0 Å². The summed E-state index contributed by atoms with van der Waals surface area (Å²) in [6.07, 6.45) is 8.58. The molecule has 1 heterocycles. The van der Waals surface area contributed by atoms with Gasteiger partial charge in [0.2, 0.25) is 10.0 Å². The summed E-state index contributed by atoms with van der Waals surface area (Å²) in [7, 11) is -3.01. The molecule has 0 bridgehead atoms. The lowest BCUT2D eigenvalue weighted by atomic mass is 9.75. The molecule has 4 nitrogen and oxygen atoms in total. The van der Waals surface area contributed by atoms with E-state index in [4.69, 9.17) is 0 Å². The van der Waals surface area contributed by atoms with Crippen LogP contribution in [0.25, 0.3) is 0 Å². The van der Waals surface area contributed by atoms with Gasteiger partial charge in [0.05, 0.1) is 6.26 Å². The number of rotatable bonds is 4. The maximum Gasteiger partial charge on any atom is 0.211 e. The monoisotopic (exact) mass is 302 g/mol. The highest BCUT2D eigenvalue weighted by atomic mass is 32.2. The summed E-state index contributed by atoms with van der Waals surface area (Å²) in [5.41, 5.74) is 0.510. The van der Waals surface area contributed by atoms with Crippen molar-refractivity contribution in [3.8, 4) is 0 Å². The van der Waals surface area contributed by atoms with E-state index in [0.717, 1.165) is 19.4 Å². The Morgan fingerprint density at radius 2 is 1.85 bits per heavy atom. The molecule has 0 amide bonds. The third kappa shape index (κ3) is 4.71. The summed E-state index contributed by atoms with van der Waals surface area (Å²) in [6.45, 7) is 7.08. The van der Waals surface area contributed by atoms with Gasteiger partial charge < -0.3 is 5.32 Å². The largest absolute Gasteiger partial charge is 0.314 e. The normalized spacial score (nSPS) is 29.4. The number of hydrogen-bond donors (Lipinski definition) is 1. The molecule has 2 fully saturated rings. The Morgan fingerprint density at radius 1 is 1.20 bits per heavy atom. The smallest absolute Gasteiger partial charge is 0.211 e. The topological polar surface area (TPSA) is 49.4 Å². The Morgan fingerprint density at radius 3 is 2.45 bits per heavy atom. The minimum Gasteiger partial charge on any atom is -0.314 e. The Bertz CT molecular complexity index is 410. The van der Waals surface area contributed by atoms with E-state index in [-0.39, 0.29) is 0 Å². The third-order valence-electron chi connectivity index (χ3n) is 4.99. The van der Waals surface area contributed by atoms with E-state index >= 15 is 0 Å². The van der Waals surface area contributed by atoms with Crippen LogP contribution in [-0.4, -0.2) is 44.7 Å². The molecule has 118 valence electrons. The molecule has 2 aliphatic rings. The van der Waals surface area contributed by atoms with Gasteiger partial charge >= 0.3 is 0 Å². The molecule has 0 aromatic rings. The zero-order valence-electron chi connectivity index (χ0n) is 13.2. The maximum atomic E-state index is 11.6. The molecule has 1 N–H and O–H groups in total. The second kappa shape index (κ2) is 6.32. The van der Waals surface area contributed by atoms with E-state index in [1.54, 1.807) is 4.31 Å². The molecular formula is C15H30N2O2S. The zero-order chi connectivity index (χ0) is 14.8. The predicted octanol–water partition coefficient (Wildman–Crippen LogP) is 2.22. The molecule has 1 unspecified atom stereocenters. The molecule has 1 atom stereocenters. The molecule has 0 spiro atoms. The van der Waals surface area contributed by atoms with E-state index in [0.29, 0.717) is 30.5 Å². The zero-order valence-corrected chi connectivity index (χ0v) is 14.0. The number of sulfonamides is 1. The molecule has 1 aliphatic carbocycles. The van der Waals surface area contributed by atoms with Crippen molar-refractivity contribution in [1.82, 2.24) is 9.62 Å². The van der Waals surface area contributed by atoms with Gasteiger partial charge in [0, 0.05) is 19.1 Å². The lowest BCUT2D eigenvalue weighted by molar-refractivity contribution is 0.193. The molecule has 1 saturated carbocycles. The molecule has 0 aromatic carbocycles. The molecular weight excluding hydrogens is 272 g/mol. The lowest BCUT2D eigenvalue weighted by Crippen LogP contribution is -2.45. The van der Waals surface area contributed by atoms with Crippen molar-refractivity contribution in [2.24, 2.45) is 11.3 Å². The summed E-state index contributed by atoms with van der Waals surface area (Å²) in [5.74, 6) is 0.480. The van der Waals surface area contributed by atoms with Crippen molar-refractivity contribution in [2.45, 2.75) is 58.4 Å². The van der Waals surface area contributed by atoms with Crippen molar-refractivity contribution in [3.63, 3.8) is 0 Å². The number of nitrogens with one attached hydrogen (secondary N) is 1. The fraction of sp³-hybridized carbons (Fsp3) is 1.00. The van der Waals surface area contributed by atoms with Gasteiger partial charge in [-0.05, 0) is 56.4 Å². The van der Waals surface area contributed by atoms with Crippen molar-refractivity contribution in [1.29, 1.82) is 0 Å². The van der Waals surface area contributed by atoms with E-state index < -0.39 is 10.0 Å². The molecule has 20 heavy (non-hydrogen) atoms. The second-order valence-corrected chi connectivity index (χ2v) is 9.46. The Balaban J connectivity index is 1.74. The van der Waals surface area contributed by atoms with Gasteiger partial charge in [0.15, 0.2) is 0 Å². The van der Waals surface area contributed by atoms with Gasteiger partial charge in [-0.25, -0.2) is 12.7 Å². The van der Waals surface area contributed by atoms with Crippen LogP contribution in [0.1, 0.15) is 52.4 Å². The van der Waals surface area contributed by atoms with Crippen molar-refractivity contribution >= 4 is 10.0 Å². The van der Waals surface area contributed by atoms with E-state index in [9.17, 15) is 8.42 Å². The highest BCUT2D eigenvalue weighted by Gasteiger charge is 2.29. The first-order valence-electron chi connectivity index (χ1n) is 7.95. The first-order valence-corrected chi connectivity index (χ1v) is 9.80. The quantitative estimate of drug-likeness (QED) is 0.866. The Kier molecular flexibility index (Phi) is 5.14. The molecule has 5 heteroatoms. The van der Waals surface area contributed by atoms with Crippen LogP contribution in [0.3, 0.4) is 0 Å². The molecule has 0 aromatic heterocycles. The second-order valence-electron chi connectivity index (χ2n) is 7.48. The van der Waals surface area contributed by atoms with Crippen LogP contribution in [0.5, 0.6) is 0 Å². The summed E-state index contributed by atoms with van der Waals surface area (Å²) < 4.78 is 24.9. The van der Waals surface area contributed by atoms with Gasteiger partial charge in [0.25, 0.3) is 0 Å². The van der Waals surface area contributed by atoms with E-state index in [1.807, 2.05) is 0 Å². The number of hydrogen-bond acceptors (Lipinski definition) is 3. The lowest BCUT2D eigenvalue weighted by Gasteiger charge is -2.36. The van der Waals surface area contributed by atoms with Crippen molar-refractivity contribution in [3.05, 3.63) is 0 Å². The van der Waals surface area contributed by atoms with Crippen LogP contribution in [0.4, 0.5) is 0 Å². The average Bonchev–Trinajstić information content (AvgIpc) is 2.37. The molecule has 1 saturated heterocycles. The summed E-state index contributed by atoms with van der Waals surface area (Å²) >= 11 is 0.